The lowest BCUT2D eigenvalue weighted by molar-refractivity contribution is 0.131. The van der Waals surface area contributed by atoms with Crippen LogP contribution in [0.25, 0.3) is 0 Å². The number of aromatic nitrogens is 2. The van der Waals surface area contributed by atoms with E-state index < -0.39 is 0 Å². The molecule has 0 bridgehead atoms. The number of hydrogen-bond acceptors (Lipinski definition) is 3. The van der Waals surface area contributed by atoms with Gasteiger partial charge in [0.2, 0.25) is 0 Å². The van der Waals surface area contributed by atoms with Gasteiger partial charge in [-0.05, 0) is 50.6 Å². The van der Waals surface area contributed by atoms with E-state index in [1.807, 2.05) is 18.7 Å². The predicted molar refractivity (Wildman–Crippen MR) is 113 cm³/mol. The van der Waals surface area contributed by atoms with E-state index in [1.54, 1.807) is 0 Å². The van der Waals surface area contributed by atoms with Crippen molar-refractivity contribution in [2.45, 2.75) is 77.2 Å². The third-order valence-electron chi connectivity index (χ3n) is 4.18. The Morgan fingerprint density at radius 2 is 1.81 bits per heavy atom. The summed E-state index contributed by atoms with van der Waals surface area (Å²) >= 11 is 2.06. The van der Waals surface area contributed by atoms with Gasteiger partial charge in [0.15, 0.2) is 0 Å². The molecule has 1 unspecified atom stereocenters. The molecule has 0 N–H and O–H groups in total. The molecule has 1 atom stereocenters. The fourth-order valence-electron chi connectivity index (χ4n) is 2.88. The van der Waals surface area contributed by atoms with Gasteiger partial charge in [-0.25, -0.2) is 4.98 Å². The lowest BCUT2D eigenvalue weighted by Gasteiger charge is -2.22. The fraction of sp³-hybridized carbons (Fsp3) is 0.591. The molecule has 0 aliphatic heterocycles. The number of rotatable bonds is 11. The molecule has 0 amide bonds. The summed E-state index contributed by atoms with van der Waals surface area (Å²) in [5, 5.41) is 0.444. The lowest BCUT2D eigenvalue weighted by Crippen LogP contribution is -2.22. The third kappa shape index (κ3) is 7.86. The Kier molecular flexibility index (Phi) is 8.56. The molecule has 26 heavy (non-hydrogen) atoms. The number of ether oxygens (including phenoxy) is 1. The van der Waals surface area contributed by atoms with Crippen molar-refractivity contribution in [1.82, 2.24) is 9.55 Å². The summed E-state index contributed by atoms with van der Waals surface area (Å²) in [6.07, 6.45) is 12.5. The average molecular weight is 375 g/mol. The number of thioether (sulfide) groups is 1. The van der Waals surface area contributed by atoms with Gasteiger partial charge in [-0.3, -0.25) is 0 Å². The van der Waals surface area contributed by atoms with Crippen molar-refractivity contribution in [3.05, 3.63) is 48.5 Å². The highest BCUT2D eigenvalue weighted by atomic mass is 32.2. The van der Waals surface area contributed by atoms with Crippen LogP contribution >= 0.6 is 11.8 Å². The molecule has 1 heterocycles. The van der Waals surface area contributed by atoms with Gasteiger partial charge >= 0.3 is 0 Å². The summed E-state index contributed by atoms with van der Waals surface area (Å²) in [4.78, 5) is 4.19. The van der Waals surface area contributed by atoms with E-state index in [9.17, 15) is 0 Å². The van der Waals surface area contributed by atoms with Crippen LogP contribution in [0.4, 0.5) is 0 Å². The van der Waals surface area contributed by atoms with E-state index in [4.69, 9.17) is 4.74 Å². The quantitative estimate of drug-likeness (QED) is 0.420. The Bertz CT molecular complexity index is 602. The molecule has 4 heteroatoms. The summed E-state index contributed by atoms with van der Waals surface area (Å²) in [6, 6.07) is 8.63. The summed E-state index contributed by atoms with van der Waals surface area (Å²) in [6.45, 7) is 9.47. The first-order chi connectivity index (χ1) is 12.5. The maximum Gasteiger partial charge on any atom is 0.120 e. The van der Waals surface area contributed by atoms with Gasteiger partial charge in [0.1, 0.15) is 11.4 Å². The van der Waals surface area contributed by atoms with Gasteiger partial charge in [0.25, 0.3) is 0 Å². The van der Waals surface area contributed by atoms with Crippen LogP contribution in [0.2, 0.25) is 0 Å². The highest BCUT2D eigenvalue weighted by Crippen LogP contribution is 2.33. The molecule has 0 aliphatic carbocycles. The van der Waals surface area contributed by atoms with Gasteiger partial charge < -0.3 is 9.30 Å². The Hall–Kier alpha value is -1.42. The maximum atomic E-state index is 5.96. The first kappa shape index (κ1) is 20.9. The van der Waals surface area contributed by atoms with Crippen LogP contribution in [0.1, 0.15) is 70.6 Å². The highest BCUT2D eigenvalue weighted by Gasteiger charge is 2.15. The largest absolute Gasteiger partial charge is 0.488 e. The van der Waals surface area contributed by atoms with Crippen molar-refractivity contribution in [2.75, 3.05) is 5.75 Å². The Balaban J connectivity index is 1.96. The molecule has 2 aromatic rings. The van der Waals surface area contributed by atoms with Crippen LogP contribution in [-0.2, 0) is 6.54 Å². The average Bonchev–Trinajstić information content (AvgIpc) is 3.09. The van der Waals surface area contributed by atoms with Crippen LogP contribution in [0, 0.1) is 0 Å². The van der Waals surface area contributed by atoms with Gasteiger partial charge in [0, 0.05) is 24.2 Å². The number of benzene rings is 1. The number of unbranched alkanes of at least 4 members (excludes halogenated alkanes) is 4. The second-order valence-corrected chi connectivity index (χ2v) is 9.13. The van der Waals surface area contributed by atoms with Crippen LogP contribution in [-0.4, -0.2) is 20.9 Å². The zero-order valence-electron chi connectivity index (χ0n) is 16.8. The van der Waals surface area contributed by atoms with Crippen LogP contribution in [0.3, 0.4) is 0 Å². The summed E-state index contributed by atoms with van der Waals surface area (Å²) in [5.74, 6) is 2.15. The molecule has 0 saturated heterocycles. The minimum Gasteiger partial charge on any atom is -0.488 e. The highest BCUT2D eigenvalue weighted by molar-refractivity contribution is 7.99. The van der Waals surface area contributed by atoms with Crippen LogP contribution in [0.15, 0.2) is 43.0 Å². The standard InChI is InChI=1S/C22H34N2OS/c1-5-6-7-8-9-16-26-21(17-24-15-14-23-18-24)19-10-12-20(13-11-19)25-22(2,3)4/h10-15,18,21H,5-9,16-17H2,1-4H3. The molecule has 0 aliphatic rings. The SMILES string of the molecule is CCCCCCCSC(Cn1ccnc1)c1ccc(OC(C)(C)C)cc1. The number of imidazole rings is 1. The summed E-state index contributed by atoms with van der Waals surface area (Å²) in [5.41, 5.74) is 1.20. The minimum atomic E-state index is -0.162. The molecule has 0 radical (unpaired) electrons. The molecule has 1 aromatic heterocycles. The van der Waals surface area contributed by atoms with Crippen molar-refractivity contribution in [2.24, 2.45) is 0 Å². The van der Waals surface area contributed by atoms with Crippen LogP contribution < -0.4 is 4.74 Å². The van der Waals surface area contributed by atoms with Crippen molar-refractivity contribution < 1.29 is 4.74 Å². The van der Waals surface area contributed by atoms with E-state index in [-0.39, 0.29) is 5.60 Å². The Labute approximate surface area is 163 Å². The zero-order chi connectivity index (χ0) is 18.8. The van der Waals surface area contributed by atoms with Gasteiger partial charge in [-0.2, -0.15) is 11.8 Å². The normalized spacial score (nSPS) is 12.9. The smallest absolute Gasteiger partial charge is 0.120 e. The monoisotopic (exact) mass is 374 g/mol. The minimum absolute atomic E-state index is 0.162. The Morgan fingerprint density at radius 3 is 2.42 bits per heavy atom. The molecule has 3 nitrogen and oxygen atoms in total. The number of hydrogen-bond donors (Lipinski definition) is 0. The van der Waals surface area contributed by atoms with E-state index in [2.05, 4.69) is 73.3 Å². The van der Waals surface area contributed by atoms with Crippen LogP contribution in [0.5, 0.6) is 5.75 Å². The second kappa shape index (κ2) is 10.7. The molecule has 0 fully saturated rings. The van der Waals surface area contributed by atoms with Gasteiger partial charge in [0.05, 0.1) is 6.33 Å². The molecule has 0 spiro atoms. The second-order valence-electron chi connectivity index (χ2n) is 7.82. The van der Waals surface area contributed by atoms with Crippen molar-refractivity contribution in [1.29, 1.82) is 0 Å². The third-order valence-corrected chi connectivity index (χ3v) is 5.53. The molecule has 2 rings (SSSR count). The van der Waals surface area contributed by atoms with Crippen molar-refractivity contribution >= 4 is 11.8 Å². The molecular formula is C22H34N2OS. The first-order valence-electron chi connectivity index (χ1n) is 9.84. The molecule has 1 aromatic carbocycles. The van der Waals surface area contributed by atoms with E-state index in [0.717, 1.165) is 12.3 Å². The molecule has 0 saturated carbocycles. The number of nitrogens with zero attached hydrogens (tertiary/aromatic N) is 2. The van der Waals surface area contributed by atoms with Gasteiger partial charge in [-0.1, -0.05) is 44.7 Å². The Morgan fingerprint density at radius 1 is 1.08 bits per heavy atom. The predicted octanol–water partition coefficient (Wildman–Crippen LogP) is 6.51. The molecule has 144 valence electrons. The summed E-state index contributed by atoms with van der Waals surface area (Å²) in [7, 11) is 0. The summed E-state index contributed by atoms with van der Waals surface area (Å²) < 4.78 is 8.13. The topological polar surface area (TPSA) is 27.1 Å². The van der Waals surface area contributed by atoms with Crippen molar-refractivity contribution in [3.63, 3.8) is 0 Å². The van der Waals surface area contributed by atoms with Crippen molar-refractivity contribution in [3.8, 4) is 5.75 Å². The van der Waals surface area contributed by atoms with E-state index >= 15 is 0 Å². The van der Waals surface area contributed by atoms with E-state index in [1.165, 1.54) is 43.4 Å². The van der Waals surface area contributed by atoms with Gasteiger partial charge in [-0.15, -0.1) is 0 Å². The molecular weight excluding hydrogens is 340 g/mol. The zero-order valence-corrected chi connectivity index (χ0v) is 17.6. The fourth-order valence-corrected chi connectivity index (χ4v) is 4.16. The first-order valence-corrected chi connectivity index (χ1v) is 10.9. The maximum absolute atomic E-state index is 5.96. The lowest BCUT2D eigenvalue weighted by atomic mass is 10.1. The van der Waals surface area contributed by atoms with E-state index in [0.29, 0.717) is 5.25 Å².